The standard InChI is InChI=1S/C18H19N5O/c19-12-16-8-9-17(22-21-16)20-13-14-4-6-15(7-5-14)18(24)23-10-2-1-3-11-23/h4-9H,1-3,10-11,13H2,(H,20,22). The molecule has 2 aromatic rings. The summed E-state index contributed by atoms with van der Waals surface area (Å²) in [6.45, 7) is 2.30. The number of nitriles is 1. The molecule has 0 atom stereocenters. The minimum absolute atomic E-state index is 0.118. The van der Waals surface area contributed by atoms with Gasteiger partial charge in [-0.15, -0.1) is 10.2 Å². The molecule has 2 heterocycles. The summed E-state index contributed by atoms with van der Waals surface area (Å²) in [7, 11) is 0. The number of benzene rings is 1. The van der Waals surface area contributed by atoms with Crippen LogP contribution in [0.15, 0.2) is 36.4 Å². The van der Waals surface area contributed by atoms with Crippen LogP contribution in [0.25, 0.3) is 0 Å². The van der Waals surface area contributed by atoms with Crippen LogP contribution in [0.1, 0.15) is 40.9 Å². The van der Waals surface area contributed by atoms with Gasteiger partial charge >= 0.3 is 0 Å². The molecular formula is C18H19N5O. The molecule has 1 fully saturated rings. The number of aromatic nitrogens is 2. The highest BCUT2D eigenvalue weighted by Crippen LogP contribution is 2.14. The maximum atomic E-state index is 12.4. The van der Waals surface area contributed by atoms with E-state index in [1.165, 1.54) is 6.42 Å². The molecular weight excluding hydrogens is 302 g/mol. The van der Waals surface area contributed by atoms with E-state index in [0.29, 0.717) is 18.1 Å². The molecule has 0 radical (unpaired) electrons. The Morgan fingerprint density at radius 3 is 2.46 bits per heavy atom. The molecule has 1 aromatic heterocycles. The molecule has 1 N–H and O–H groups in total. The number of nitrogens with one attached hydrogen (secondary N) is 1. The fourth-order valence-corrected chi connectivity index (χ4v) is 2.72. The van der Waals surface area contributed by atoms with Gasteiger partial charge in [0.1, 0.15) is 11.9 Å². The first-order chi connectivity index (χ1) is 11.8. The predicted molar refractivity (Wildman–Crippen MR) is 90.3 cm³/mol. The van der Waals surface area contributed by atoms with Crippen LogP contribution in [0.3, 0.4) is 0 Å². The van der Waals surface area contributed by atoms with Crippen molar-refractivity contribution < 1.29 is 4.79 Å². The molecule has 1 amide bonds. The van der Waals surface area contributed by atoms with Crippen LogP contribution in [0.2, 0.25) is 0 Å². The Kier molecular flexibility index (Phi) is 5.02. The number of carbonyl (C=O) groups is 1. The molecule has 24 heavy (non-hydrogen) atoms. The SMILES string of the molecule is N#Cc1ccc(NCc2ccc(C(=O)N3CCCCC3)cc2)nn1. The number of amides is 1. The minimum Gasteiger partial charge on any atom is -0.365 e. The second-order valence-corrected chi connectivity index (χ2v) is 5.82. The van der Waals surface area contributed by atoms with Gasteiger partial charge in [-0.05, 0) is 49.1 Å². The van der Waals surface area contributed by atoms with Crippen LogP contribution < -0.4 is 5.32 Å². The lowest BCUT2D eigenvalue weighted by Gasteiger charge is -2.26. The van der Waals surface area contributed by atoms with Crippen molar-refractivity contribution >= 4 is 11.7 Å². The third-order valence-electron chi connectivity index (χ3n) is 4.10. The van der Waals surface area contributed by atoms with Gasteiger partial charge < -0.3 is 10.2 Å². The monoisotopic (exact) mass is 321 g/mol. The zero-order chi connectivity index (χ0) is 16.8. The summed E-state index contributed by atoms with van der Waals surface area (Å²) < 4.78 is 0. The predicted octanol–water partition coefficient (Wildman–Crippen LogP) is 2.59. The van der Waals surface area contributed by atoms with Crippen molar-refractivity contribution in [3.63, 3.8) is 0 Å². The maximum Gasteiger partial charge on any atom is 0.253 e. The van der Waals surface area contributed by atoms with E-state index in [9.17, 15) is 4.79 Å². The third kappa shape index (κ3) is 3.87. The van der Waals surface area contributed by atoms with Gasteiger partial charge in [-0.2, -0.15) is 5.26 Å². The van der Waals surface area contributed by atoms with Crippen molar-refractivity contribution in [1.82, 2.24) is 15.1 Å². The van der Waals surface area contributed by atoms with Crippen LogP contribution in [0.5, 0.6) is 0 Å². The number of carbonyl (C=O) groups excluding carboxylic acids is 1. The molecule has 0 aliphatic carbocycles. The summed E-state index contributed by atoms with van der Waals surface area (Å²) in [6.07, 6.45) is 3.41. The van der Waals surface area contributed by atoms with Gasteiger partial charge in [0.25, 0.3) is 5.91 Å². The molecule has 0 unspecified atom stereocenters. The van der Waals surface area contributed by atoms with E-state index in [1.54, 1.807) is 12.1 Å². The zero-order valence-corrected chi connectivity index (χ0v) is 13.4. The van der Waals surface area contributed by atoms with Gasteiger partial charge in [0.2, 0.25) is 0 Å². The number of hydrogen-bond acceptors (Lipinski definition) is 5. The highest BCUT2D eigenvalue weighted by molar-refractivity contribution is 5.94. The lowest BCUT2D eigenvalue weighted by Crippen LogP contribution is -2.35. The average Bonchev–Trinajstić information content (AvgIpc) is 2.67. The van der Waals surface area contributed by atoms with E-state index >= 15 is 0 Å². The molecule has 6 nitrogen and oxygen atoms in total. The lowest BCUT2D eigenvalue weighted by molar-refractivity contribution is 0.0724. The molecule has 1 aromatic carbocycles. The first-order valence-corrected chi connectivity index (χ1v) is 8.12. The van der Waals surface area contributed by atoms with Gasteiger partial charge in [0, 0.05) is 25.2 Å². The quantitative estimate of drug-likeness (QED) is 0.936. The number of nitrogens with zero attached hydrogens (tertiary/aromatic N) is 4. The van der Waals surface area contributed by atoms with E-state index in [1.807, 2.05) is 35.2 Å². The molecule has 0 spiro atoms. The highest BCUT2D eigenvalue weighted by Gasteiger charge is 2.17. The van der Waals surface area contributed by atoms with Gasteiger partial charge in [0.15, 0.2) is 5.69 Å². The second kappa shape index (κ2) is 7.55. The summed E-state index contributed by atoms with van der Waals surface area (Å²) in [5, 5.41) is 19.5. The van der Waals surface area contributed by atoms with E-state index in [4.69, 9.17) is 5.26 Å². The second-order valence-electron chi connectivity index (χ2n) is 5.82. The average molecular weight is 321 g/mol. The first kappa shape index (κ1) is 15.9. The smallest absolute Gasteiger partial charge is 0.253 e. The molecule has 122 valence electrons. The van der Waals surface area contributed by atoms with Crippen LogP contribution in [0.4, 0.5) is 5.82 Å². The Bertz CT molecular complexity index is 727. The molecule has 1 aliphatic rings. The minimum atomic E-state index is 0.118. The van der Waals surface area contributed by atoms with Gasteiger partial charge in [-0.25, -0.2) is 0 Å². The summed E-state index contributed by atoms with van der Waals surface area (Å²) in [5.74, 6) is 0.731. The van der Waals surface area contributed by atoms with E-state index in [-0.39, 0.29) is 5.91 Å². The van der Waals surface area contributed by atoms with Gasteiger partial charge in [0.05, 0.1) is 0 Å². The largest absolute Gasteiger partial charge is 0.365 e. The van der Waals surface area contributed by atoms with E-state index in [0.717, 1.165) is 37.1 Å². The fourth-order valence-electron chi connectivity index (χ4n) is 2.72. The van der Waals surface area contributed by atoms with Crippen LogP contribution in [0, 0.1) is 11.3 Å². The van der Waals surface area contributed by atoms with Crippen molar-refractivity contribution in [3.05, 3.63) is 53.2 Å². The van der Waals surface area contributed by atoms with Crippen molar-refractivity contribution in [2.75, 3.05) is 18.4 Å². The number of hydrogen-bond donors (Lipinski definition) is 1. The Morgan fingerprint density at radius 2 is 1.83 bits per heavy atom. The van der Waals surface area contributed by atoms with Crippen LogP contribution in [-0.4, -0.2) is 34.1 Å². The Balaban J connectivity index is 1.57. The van der Waals surface area contributed by atoms with E-state index < -0.39 is 0 Å². The third-order valence-corrected chi connectivity index (χ3v) is 4.10. The maximum absolute atomic E-state index is 12.4. The lowest BCUT2D eigenvalue weighted by atomic mass is 10.1. The number of anilines is 1. The highest BCUT2D eigenvalue weighted by atomic mass is 16.2. The molecule has 0 saturated carbocycles. The normalized spacial score (nSPS) is 14.0. The topological polar surface area (TPSA) is 81.9 Å². The van der Waals surface area contributed by atoms with Gasteiger partial charge in [-0.3, -0.25) is 4.79 Å². The molecule has 6 heteroatoms. The summed E-state index contributed by atoms with van der Waals surface area (Å²) in [6, 6.07) is 12.9. The van der Waals surface area contributed by atoms with Crippen LogP contribution >= 0.6 is 0 Å². The van der Waals surface area contributed by atoms with Gasteiger partial charge in [-0.1, -0.05) is 12.1 Å². The van der Waals surface area contributed by atoms with Crippen molar-refractivity contribution in [1.29, 1.82) is 5.26 Å². The van der Waals surface area contributed by atoms with Crippen LogP contribution in [-0.2, 0) is 6.54 Å². The van der Waals surface area contributed by atoms with Crippen molar-refractivity contribution in [3.8, 4) is 6.07 Å². The molecule has 1 saturated heterocycles. The molecule has 3 rings (SSSR count). The fraction of sp³-hybridized carbons (Fsp3) is 0.333. The Morgan fingerprint density at radius 1 is 1.08 bits per heavy atom. The Labute approximate surface area is 141 Å². The summed E-state index contributed by atoms with van der Waals surface area (Å²) >= 11 is 0. The van der Waals surface area contributed by atoms with E-state index in [2.05, 4.69) is 15.5 Å². The first-order valence-electron chi connectivity index (χ1n) is 8.12. The summed E-state index contributed by atoms with van der Waals surface area (Å²) in [5.41, 5.74) is 2.08. The zero-order valence-electron chi connectivity index (χ0n) is 13.4. The van der Waals surface area contributed by atoms with Crippen molar-refractivity contribution in [2.45, 2.75) is 25.8 Å². The number of likely N-dealkylation sites (tertiary alicyclic amines) is 1. The van der Waals surface area contributed by atoms with Crippen molar-refractivity contribution in [2.24, 2.45) is 0 Å². The number of piperidine rings is 1. The molecule has 1 aliphatic heterocycles. The molecule has 0 bridgehead atoms. The number of rotatable bonds is 4. The Hall–Kier alpha value is -2.94. The summed E-state index contributed by atoms with van der Waals surface area (Å²) in [4.78, 5) is 14.4.